The molecule has 1 atom stereocenters. The van der Waals surface area contributed by atoms with Gasteiger partial charge in [0.05, 0.1) is 18.5 Å². The monoisotopic (exact) mass is 189 g/mol. The summed E-state index contributed by atoms with van der Waals surface area (Å²) in [7, 11) is 0. The lowest BCUT2D eigenvalue weighted by Crippen LogP contribution is -2.09. The van der Waals surface area contributed by atoms with E-state index < -0.39 is 0 Å². The third kappa shape index (κ3) is 1.66. The maximum Gasteiger partial charge on any atom is 0.0642 e. The second-order valence-corrected chi connectivity index (χ2v) is 3.90. The van der Waals surface area contributed by atoms with Gasteiger partial charge in [-0.1, -0.05) is 0 Å². The molecule has 1 aromatic rings. The molecule has 3 heteroatoms. The molecule has 2 rings (SSSR count). The standard InChI is InChI=1S/C11H15N3/c12-6-5-9(13)11-7-8-3-1-2-4-10(8)14-11/h7,9,14H,1-5,13H2/t9-/m1/s1. The molecule has 1 aliphatic rings. The minimum absolute atomic E-state index is 0.148. The summed E-state index contributed by atoms with van der Waals surface area (Å²) in [6.45, 7) is 0. The third-order valence-corrected chi connectivity index (χ3v) is 2.85. The highest BCUT2D eigenvalue weighted by atomic mass is 14.8. The molecule has 0 aromatic carbocycles. The molecule has 0 bridgehead atoms. The van der Waals surface area contributed by atoms with Crippen LogP contribution in [0.2, 0.25) is 0 Å². The van der Waals surface area contributed by atoms with Gasteiger partial charge >= 0.3 is 0 Å². The zero-order chi connectivity index (χ0) is 9.97. The van der Waals surface area contributed by atoms with Gasteiger partial charge in [0.25, 0.3) is 0 Å². The van der Waals surface area contributed by atoms with Crippen molar-refractivity contribution in [2.45, 2.75) is 38.1 Å². The Labute approximate surface area is 83.9 Å². The number of fused-ring (bicyclic) bond motifs is 1. The van der Waals surface area contributed by atoms with Crippen molar-refractivity contribution in [3.05, 3.63) is 23.0 Å². The zero-order valence-electron chi connectivity index (χ0n) is 8.21. The van der Waals surface area contributed by atoms with Gasteiger partial charge in [-0.2, -0.15) is 5.26 Å². The minimum atomic E-state index is -0.148. The first kappa shape index (κ1) is 9.29. The number of H-pyrrole nitrogens is 1. The molecule has 0 unspecified atom stereocenters. The molecule has 0 fully saturated rings. The van der Waals surface area contributed by atoms with E-state index >= 15 is 0 Å². The van der Waals surface area contributed by atoms with E-state index in [1.165, 1.54) is 24.1 Å². The Bertz CT molecular complexity index is 336. The number of nitrogens with two attached hydrogens (primary N) is 1. The summed E-state index contributed by atoms with van der Waals surface area (Å²) in [5.41, 5.74) is 9.63. The van der Waals surface area contributed by atoms with Crippen molar-refractivity contribution in [1.29, 1.82) is 5.26 Å². The van der Waals surface area contributed by atoms with Crippen LogP contribution in [0.5, 0.6) is 0 Å². The molecule has 0 amide bonds. The SMILES string of the molecule is N#CC[C@@H](N)c1cc2c([nH]1)CCCC2. The van der Waals surface area contributed by atoms with Crippen LogP contribution in [0, 0.1) is 11.3 Å². The fourth-order valence-corrected chi connectivity index (χ4v) is 2.04. The van der Waals surface area contributed by atoms with Crippen LogP contribution in [0.15, 0.2) is 6.07 Å². The molecule has 0 radical (unpaired) electrons. The average Bonchev–Trinajstić information content (AvgIpc) is 2.61. The maximum atomic E-state index is 8.56. The highest BCUT2D eigenvalue weighted by molar-refractivity contribution is 5.29. The molecule has 3 N–H and O–H groups in total. The summed E-state index contributed by atoms with van der Waals surface area (Å²) >= 11 is 0. The van der Waals surface area contributed by atoms with E-state index in [0.717, 1.165) is 18.5 Å². The first-order valence-electron chi connectivity index (χ1n) is 5.14. The Morgan fingerprint density at radius 3 is 3.00 bits per heavy atom. The summed E-state index contributed by atoms with van der Waals surface area (Å²) in [6.07, 6.45) is 5.22. The highest BCUT2D eigenvalue weighted by Gasteiger charge is 2.15. The Morgan fingerprint density at radius 1 is 1.50 bits per heavy atom. The summed E-state index contributed by atoms with van der Waals surface area (Å²) in [4.78, 5) is 3.34. The number of rotatable bonds is 2. The average molecular weight is 189 g/mol. The molecule has 0 saturated carbocycles. The van der Waals surface area contributed by atoms with Gasteiger partial charge in [-0.3, -0.25) is 0 Å². The van der Waals surface area contributed by atoms with Crippen LogP contribution in [0.1, 0.15) is 42.3 Å². The van der Waals surface area contributed by atoms with Crippen LogP contribution in [0.3, 0.4) is 0 Å². The molecule has 1 aromatic heterocycles. The molecular formula is C11H15N3. The Balaban J connectivity index is 2.20. The highest BCUT2D eigenvalue weighted by Crippen LogP contribution is 2.24. The van der Waals surface area contributed by atoms with Gasteiger partial charge in [-0.25, -0.2) is 0 Å². The first-order chi connectivity index (χ1) is 6.81. The van der Waals surface area contributed by atoms with Crippen molar-refractivity contribution in [1.82, 2.24) is 4.98 Å². The van der Waals surface area contributed by atoms with Gasteiger partial charge in [-0.15, -0.1) is 0 Å². The Kier molecular flexibility index (Phi) is 2.55. The van der Waals surface area contributed by atoms with E-state index in [4.69, 9.17) is 11.0 Å². The van der Waals surface area contributed by atoms with Crippen LogP contribution < -0.4 is 5.73 Å². The lowest BCUT2D eigenvalue weighted by molar-refractivity contribution is 0.672. The zero-order valence-corrected chi connectivity index (χ0v) is 8.21. The fraction of sp³-hybridized carbons (Fsp3) is 0.545. The van der Waals surface area contributed by atoms with E-state index in [1.807, 2.05) is 0 Å². The number of hydrogen-bond acceptors (Lipinski definition) is 2. The first-order valence-corrected chi connectivity index (χ1v) is 5.14. The molecule has 0 saturated heterocycles. The van der Waals surface area contributed by atoms with Crippen molar-refractivity contribution in [3.63, 3.8) is 0 Å². The van der Waals surface area contributed by atoms with Gasteiger partial charge in [0, 0.05) is 11.4 Å². The van der Waals surface area contributed by atoms with Gasteiger partial charge < -0.3 is 10.7 Å². The van der Waals surface area contributed by atoms with Gasteiger partial charge in [0.2, 0.25) is 0 Å². The van der Waals surface area contributed by atoms with E-state index in [2.05, 4.69) is 17.1 Å². The number of nitrogens with one attached hydrogen (secondary N) is 1. The number of hydrogen-bond donors (Lipinski definition) is 2. The Hall–Kier alpha value is -1.27. The molecule has 1 heterocycles. The van der Waals surface area contributed by atoms with E-state index in [-0.39, 0.29) is 6.04 Å². The second-order valence-electron chi connectivity index (χ2n) is 3.90. The topological polar surface area (TPSA) is 65.6 Å². The lowest BCUT2D eigenvalue weighted by Gasteiger charge is -2.09. The molecule has 3 nitrogen and oxygen atoms in total. The quantitative estimate of drug-likeness (QED) is 0.745. The van der Waals surface area contributed by atoms with Gasteiger partial charge in [-0.05, 0) is 37.3 Å². The van der Waals surface area contributed by atoms with Crippen LogP contribution in [0.4, 0.5) is 0 Å². The lowest BCUT2D eigenvalue weighted by atomic mass is 9.98. The molecule has 74 valence electrons. The number of aromatic nitrogens is 1. The number of nitriles is 1. The van der Waals surface area contributed by atoms with Crippen molar-refractivity contribution in [3.8, 4) is 6.07 Å². The van der Waals surface area contributed by atoms with Crippen LogP contribution >= 0.6 is 0 Å². The summed E-state index contributed by atoms with van der Waals surface area (Å²) < 4.78 is 0. The maximum absolute atomic E-state index is 8.56. The van der Waals surface area contributed by atoms with Crippen LogP contribution in [-0.4, -0.2) is 4.98 Å². The molecule has 1 aliphatic carbocycles. The van der Waals surface area contributed by atoms with Crippen molar-refractivity contribution >= 4 is 0 Å². The number of aryl methyl sites for hydroxylation is 2. The van der Waals surface area contributed by atoms with Gasteiger partial charge in [0.1, 0.15) is 0 Å². The van der Waals surface area contributed by atoms with E-state index in [1.54, 1.807) is 0 Å². The second kappa shape index (κ2) is 3.85. The summed E-state index contributed by atoms with van der Waals surface area (Å²) in [6, 6.07) is 4.09. The largest absolute Gasteiger partial charge is 0.361 e. The third-order valence-electron chi connectivity index (χ3n) is 2.85. The number of nitrogens with zero attached hydrogens (tertiary/aromatic N) is 1. The summed E-state index contributed by atoms with van der Waals surface area (Å²) in [5, 5.41) is 8.56. The van der Waals surface area contributed by atoms with Crippen molar-refractivity contribution in [2.24, 2.45) is 5.73 Å². The fourth-order valence-electron chi connectivity index (χ4n) is 2.04. The van der Waals surface area contributed by atoms with Gasteiger partial charge in [0.15, 0.2) is 0 Å². The van der Waals surface area contributed by atoms with E-state index in [9.17, 15) is 0 Å². The normalized spacial score (nSPS) is 17.1. The molecule has 0 aliphatic heterocycles. The number of aromatic amines is 1. The van der Waals surface area contributed by atoms with Crippen molar-refractivity contribution in [2.75, 3.05) is 0 Å². The smallest absolute Gasteiger partial charge is 0.0642 e. The predicted molar refractivity (Wildman–Crippen MR) is 54.6 cm³/mol. The Morgan fingerprint density at radius 2 is 2.29 bits per heavy atom. The predicted octanol–water partition coefficient (Wildman–Crippen LogP) is 1.81. The molecule has 14 heavy (non-hydrogen) atoms. The van der Waals surface area contributed by atoms with E-state index in [0.29, 0.717) is 6.42 Å². The van der Waals surface area contributed by atoms with Crippen LogP contribution in [0.25, 0.3) is 0 Å². The van der Waals surface area contributed by atoms with Crippen molar-refractivity contribution < 1.29 is 0 Å². The summed E-state index contributed by atoms with van der Waals surface area (Å²) in [5.74, 6) is 0. The molecule has 0 spiro atoms. The molecular weight excluding hydrogens is 174 g/mol. The van der Waals surface area contributed by atoms with Crippen LogP contribution in [-0.2, 0) is 12.8 Å². The minimum Gasteiger partial charge on any atom is -0.361 e.